The maximum atomic E-state index is 10.5. The summed E-state index contributed by atoms with van der Waals surface area (Å²) >= 11 is 0. The second kappa shape index (κ2) is 9.12. The van der Waals surface area contributed by atoms with Crippen LogP contribution in [0.25, 0.3) is 0 Å². The third kappa shape index (κ3) is 5.94. The van der Waals surface area contributed by atoms with Crippen molar-refractivity contribution in [3.05, 3.63) is 46.6 Å². The Morgan fingerprint density at radius 1 is 0.864 bits per heavy atom. The van der Waals surface area contributed by atoms with Gasteiger partial charge in [0.2, 0.25) is 0 Å². The van der Waals surface area contributed by atoms with Crippen LogP contribution in [0.15, 0.2) is 46.6 Å². The quantitative estimate of drug-likeness (QED) is 0.689. The molecule has 0 amide bonds. The van der Waals surface area contributed by atoms with E-state index in [1.807, 2.05) is 13.0 Å². The Morgan fingerprint density at radius 2 is 1.45 bits per heavy atom. The van der Waals surface area contributed by atoms with Gasteiger partial charge in [-0.15, -0.1) is 0 Å². The smallest absolute Gasteiger partial charge is 0.105 e. The fraction of sp³-hybridized carbons (Fsp3) is 0.600. The van der Waals surface area contributed by atoms with E-state index in [2.05, 4.69) is 45.9 Å². The molecule has 2 nitrogen and oxygen atoms in total. The van der Waals surface area contributed by atoms with Crippen LogP contribution in [0.3, 0.4) is 0 Å². The van der Waals surface area contributed by atoms with Crippen LogP contribution < -0.4 is 0 Å². The molecule has 124 valence electrons. The molecule has 1 aliphatic carbocycles. The van der Waals surface area contributed by atoms with Crippen molar-refractivity contribution < 1.29 is 10.2 Å². The lowest BCUT2D eigenvalue weighted by molar-refractivity contribution is 0.0603. The van der Waals surface area contributed by atoms with Crippen LogP contribution in [0.4, 0.5) is 0 Å². The molecule has 0 aromatic heterocycles. The van der Waals surface area contributed by atoms with Crippen LogP contribution in [-0.4, -0.2) is 22.4 Å². The fourth-order valence-electron chi connectivity index (χ4n) is 2.68. The molecule has 1 aliphatic rings. The van der Waals surface area contributed by atoms with Gasteiger partial charge in [-0.1, -0.05) is 49.3 Å². The molecule has 0 saturated heterocycles. The lowest BCUT2D eigenvalue weighted by Crippen LogP contribution is -2.30. The molecule has 2 N–H and O–H groups in total. The Labute approximate surface area is 135 Å². The van der Waals surface area contributed by atoms with E-state index in [4.69, 9.17) is 0 Å². The molecule has 2 atom stereocenters. The Kier molecular flexibility index (Phi) is 7.84. The Morgan fingerprint density at radius 3 is 2.09 bits per heavy atom. The van der Waals surface area contributed by atoms with Gasteiger partial charge in [0.1, 0.15) is 12.2 Å². The normalized spacial score (nSPS) is 35.3. The zero-order valence-corrected chi connectivity index (χ0v) is 14.8. The molecule has 2 heteroatoms. The first-order valence-electron chi connectivity index (χ1n) is 8.38. The van der Waals surface area contributed by atoms with Crippen molar-refractivity contribution >= 4 is 0 Å². The molecule has 0 bridgehead atoms. The summed E-state index contributed by atoms with van der Waals surface area (Å²) < 4.78 is 0. The summed E-state index contributed by atoms with van der Waals surface area (Å²) in [6.07, 6.45) is 10.8. The van der Waals surface area contributed by atoms with E-state index in [0.717, 1.165) is 36.8 Å². The summed E-state index contributed by atoms with van der Waals surface area (Å²) in [5.74, 6) is 0.205. The summed E-state index contributed by atoms with van der Waals surface area (Å²) in [6.45, 7) is 10.3. The minimum absolute atomic E-state index is 0.205. The molecule has 0 aromatic rings. The summed E-state index contributed by atoms with van der Waals surface area (Å²) in [6, 6.07) is 0. The van der Waals surface area contributed by atoms with Gasteiger partial charge >= 0.3 is 0 Å². The third-order valence-corrected chi connectivity index (χ3v) is 4.37. The zero-order valence-electron chi connectivity index (χ0n) is 14.8. The number of allylic oxidation sites excluding steroid dienone is 6. The highest BCUT2D eigenvalue weighted by atomic mass is 16.3. The first-order valence-corrected chi connectivity index (χ1v) is 8.38. The van der Waals surface area contributed by atoms with Crippen molar-refractivity contribution in [3.63, 3.8) is 0 Å². The van der Waals surface area contributed by atoms with Crippen molar-refractivity contribution in [2.24, 2.45) is 5.92 Å². The largest absolute Gasteiger partial charge is 0.386 e. The number of rotatable bonds is 1. The maximum absolute atomic E-state index is 10.5. The second-order valence-corrected chi connectivity index (χ2v) is 6.80. The highest BCUT2D eigenvalue weighted by molar-refractivity contribution is 5.25. The number of aliphatic hydroxyl groups excluding tert-OH is 2. The van der Waals surface area contributed by atoms with E-state index in [1.54, 1.807) is 0 Å². The second-order valence-electron chi connectivity index (χ2n) is 6.80. The predicted molar refractivity (Wildman–Crippen MR) is 94.7 cm³/mol. The van der Waals surface area contributed by atoms with E-state index in [1.165, 1.54) is 11.1 Å². The first kappa shape index (κ1) is 18.9. The average Bonchev–Trinajstić information content (AvgIpc) is 2.45. The Balaban J connectivity index is 3.13. The molecule has 22 heavy (non-hydrogen) atoms. The molecule has 2 unspecified atom stereocenters. The van der Waals surface area contributed by atoms with E-state index in [9.17, 15) is 10.2 Å². The van der Waals surface area contributed by atoms with Crippen molar-refractivity contribution in [1.29, 1.82) is 0 Å². The van der Waals surface area contributed by atoms with Crippen LogP contribution in [0.5, 0.6) is 0 Å². The van der Waals surface area contributed by atoms with Crippen molar-refractivity contribution in [3.8, 4) is 0 Å². The van der Waals surface area contributed by atoms with Crippen LogP contribution in [0, 0.1) is 5.92 Å². The third-order valence-electron chi connectivity index (χ3n) is 4.37. The van der Waals surface area contributed by atoms with Gasteiger partial charge in [0.15, 0.2) is 0 Å². The Hall–Kier alpha value is -1.12. The molecule has 0 aliphatic heterocycles. The van der Waals surface area contributed by atoms with E-state index in [-0.39, 0.29) is 5.92 Å². The average molecular weight is 304 g/mol. The van der Waals surface area contributed by atoms with Gasteiger partial charge in [-0.25, -0.2) is 0 Å². The number of hydrogen-bond donors (Lipinski definition) is 2. The Bertz CT molecular complexity index is 478. The molecular formula is C20H32O2. The minimum atomic E-state index is -0.833. The number of hydrogen-bond acceptors (Lipinski definition) is 2. The highest BCUT2D eigenvalue weighted by Gasteiger charge is 2.23. The van der Waals surface area contributed by atoms with Crippen LogP contribution >= 0.6 is 0 Å². The number of aliphatic hydroxyl groups is 2. The van der Waals surface area contributed by atoms with Crippen LogP contribution in [0.2, 0.25) is 0 Å². The minimum Gasteiger partial charge on any atom is -0.386 e. The van der Waals surface area contributed by atoms with Gasteiger partial charge in [-0.05, 0) is 63.5 Å². The van der Waals surface area contributed by atoms with Crippen molar-refractivity contribution in [2.45, 2.75) is 72.5 Å². The van der Waals surface area contributed by atoms with Gasteiger partial charge in [0, 0.05) is 0 Å². The molecule has 1 rings (SSSR count). The van der Waals surface area contributed by atoms with Gasteiger partial charge < -0.3 is 10.2 Å². The van der Waals surface area contributed by atoms with Crippen molar-refractivity contribution in [2.75, 3.05) is 0 Å². The standard InChI is InChI=1S/C20H32O2/c1-14(2)18-13-12-16(4)9-6-8-15(3)10-7-11-17(5)19(21)20(18)22/h8,11-14,19-22H,6-7,9-10H2,1-5H3/b15-8+,16-12+,17-11+,18-13-. The van der Waals surface area contributed by atoms with E-state index >= 15 is 0 Å². The van der Waals surface area contributed by atoms with Gasteiger partial charge in [-0.2, -0.15) is 0 Å². The first-order chi connectivity index (χ1) is 10.3. The van der Waals surface area contributed by atoms with Gasteiger partial charge in [-0.3, -0.25) is 0 Å². The zero-order chi connectivity index (χ0) is 16.7. The molecule has 0 aromatic carbocycles. The molecule has 0 radical (unpaired) electrons. The molecule has 0 saturated carbocycles. The highest BCUT2D eigenvalue weighted by Crippen LogP contribution is 2.22. The monoisotopic (exact) mass is 304 g/mol. The predicted octanol–water partition coefficient (Wildman–Crippen LogP) is 4.70. The maximum Gasteiger partial charge on any atom is 0.105 e. The summed E-state index contributed by atoms with van der Waals surface area (Å²) in [5, 5.41) is 20.9. The molecule has 0 fully saturated rings. The van der Waals surface area contributed by atoms with E-state index < -0.39 is 12.2 Å². The lowest BCUT2D eigenvalue weighted by Gasteiger charge is -2.24. The summed E-state index contributed by atoms with van der Waals surface area (Å²) in [4.78, 5) is 0. The topological polar surface area (TPSA) is 40.5 Å². The summed E-state index contributed by atoms with van der Waals surface area (Å²) in [7, 11) is 0. The summed E-state index contributed by atoms with van der Waals surface area (Å²) in [5.41, 5.74) is 4.43. The fourth-order valence-corrected chi connectivity index (χ4v) is 2.68. The molecule has 0 heterocycles. The van der Waals surface area contributed by atoms with Gasteiger partial charge in [0.05, 0.1) is 0 Å². The SMILES string of the molecule is C/C1=C\C=C(\C(C)C)C(O)C(O)/C(C)=C/CC/C(C)=C/CC1. The van der Waals surface area contributed by atoms with Crippen LogP contribution in [0.1, 0.15) is 60.3 Å². The van der Waals surface area contributed by atoms with Crippen LogP contribution in [-0.2, 0) is 0 Å². The van der Waals surface area contributed by atoms with Gasteiger partial charge in [0.25, 0.3) is 0 Å². The lowest BCUT2D eigenvalue weighted by atomic mass is 9.90. The molecular weight excluding hydrogens is 272 g/mol. The van der Waals surface area contributed by atoms with E-state index in [0.29, 0.717) is 0 Å². The molecule has 0 spiro atoms. The van der Waals surface area contributed by atoms with Crippen molar-refractivity contribution in [1.82, 2.24) is 0 Å².